The average Bonchev–Trinajstić information content (AvgIpc) is 2.75. The van der Waals surface area contributed by atoms with Gasteiger partial charge in [-0.2, -0.15) is 0 Å². The summed E-state index contributed by atoms with van der Waals surface area (Å²) in [5, 5.41) is 11.5. The van der Waals surface area contributed by atoms with E-state index in [-0.39, 0.29) is 18.0 Å². The molecule has 0 saturated heterocycles. The van der Waals surface area contributed by atoms with E-state index in [1.807, 2.05) is 0 Å². The number of fused-ring (bicyclic) bond motifs is 1. The topological polar surface area (TPSA) is 96.6 Å². The summed E-state index contributed by atoms with van der Waals surface area (Å²) in [7, 11) is 0. The summed E-state index contributed by atoms with van der Waals surface area (Å²) in [5.41, 5.74) is 0.449. The molecule has 0 unspecified atom stereocenters. The minimum Gasteiger partial charge on any atom is -0.481 e. The van der Waals surface area contributed by atoms with E-state index in [1.165, 1.54) is 0 Å². The minimum atomic E-state index is -0.905. The molecule has 0 spiro atoms. The number of rotatable bonds is 5. The van der Waals surface area contributed by atoms with Gasteiger partial charge in [0.1, 0.15) is 5.76 Å². The van der Waals surface area contributed by atoms with Crippen molar-refractivity contribution in [3.05, 3.63) is 22.6 Å². The lowest BCUT2D eigenvalue weighted by Crippen LogP contribution is -2.43. The zero-order valence-electron chi connectivity index (χ0n) is 13.1. The molecule has 1 aliphatic carbocycles. The highest BCUT2D eigenvalue weighted by atomic mass is 16.4. The van der Waals surface area contributed by atoms with Gasteiger partial charge in [-0.3, -0.25) is 14.4 Å². The predicted molar refractivity (Wildman–Crippen MR) is 79.1 cm³/mol. The van der Waals surface area contributed by atoms with Crippen LogP contribution in [0.5, 0.6) is 0 Å². The molecule has 6 heteroatoms. The third kappa shape index (κ3) is 3.37. The maximum Gasteiger partial charge on any atom is 0.303 e. The molecule has 0 aliphatic heterocycles. The van der Waals surface area contributed by atoms with E-state index in [4.69, 9.17) is 9.52 Å². The number of carboxylic acid groups (broad SMARTS) is 1. The fraction of sp³-hybridized carbons (Fsp3) is 0.562. The fourth-order valence-electron chi connectivity index (χ4n) is 2.71. The highest BCUT2D eigenvalue weighted by Gasteiger charge is 2.31. The number of nitrogens with one attached hydrogen (secondary N) is 1. The molecule has 2 N–H and O–H groups in total. The molecule has 1 aliphatic rings. The highest BCUT2D eigenvalue weighted by molar-refractivity contribution is 6.03. The highest BCUT2D eigenvalue weighted by Crippen LogP contribution is 2.29. The molecule has 0 fully saturated rings. The minimum absolute atomic E-state index is 0.0201. The van der Waals surface area contributed by atoms with Gasteiger partial charge in [-0.25, -0.2) is 0 Å². The Morgan fingerprint density at radius 1 is 1.32 bits per heavy atom. The van der Waals surface area contributed by atoms with Crippen molar-refractivity contribution in [3.8, 4) is 0 Å². The van der Waals surface area contributed by atoms with Crippen LogP contribution < -0.4 is 5.32 Å². The largest absolute Gasteiger partial charge is 0.481 e. The molecular formula is C16H21NO5. The lowest BCUT2D eigenvalue weighted by Gasteiger charge is -2.25. The van der Waals surface area contributed by atoms with Gasteiger partial charge in [-0.15, -0.1) is 0 Å². The Hall–Kier alpha value is -2.11. The molecule has 1 amide bonds. The molecule has 0 radical (unpaired) electrons. The molecule has 0 aromatic carbocycles. The number of carbonyl (C=O) groups excluding carboxylic acids is 2. The van der Waals surface area contributed by atoms with Crippen LogP contribution in [0.4, 0.5) is 0 Å². The van der Waals surface area contributed by atoms with Crippen molar-refractivity contribution in [2.24, 2.45) is 0 Å². The summed E-state index contributed by atoms with van der Waals surface area (Å²) in [6.07, 6.45) is 2.17. The number of aryl methyl sites for hydroxylation is 1. The van der Waals surface area contributed by atoms with Crippen molar-refractivity contribution >= 4 is 17.7 Å². The summed E-state index contributed by atoms with van der Waals surface area (Å²) in [5.74, 6) is -0.551. The van der Waals surface area contributed by atoms with Crippen LogP contribution in [-0.4, -0.2) is 28.3 Å². The smallest absolute Gasteiger partial charge is 0.303 e. The van der Waals surface area contributed by atoms with Gasteiger partial charge < -0.3 is 14.8 Å². The predicted octanol–water partition coefficient (Wildman–Crippen LogP) is 2.48. The summed E-state index contributed by atoms with van der Waals surface area (Å²) < 4.78 is 5.59. The maximum absolute atomic E-state index is 12.4. The SMILES string of the molecule is Cc1c(C(=O)NC(C)(C)CCC(=O)O)oc2c1C(=O)CCC2. The Morgan fingerprint density at radius 2 is 2.00 bits per heavy atom. The first-order chi connectivity index (χ1) is 10.2. The van der Waals surface area contributed by atoms with Crippen molar-refractivity contribution in [2.75, 3.05) is 0 Å². The van der Waals surface area contributed by atoms with Crippen LogP contribution in [0.25, 0.3) is 0 Å². The molecule has 0 bridgehead atoms. The molecule has 0 saturated carbocycles. The Bertz CT molecular complexity index is 627. The summed E-state index contributed by atoms with van der Waals surface area (Å²) in [6, 6.07) is 0. The third-order valence-corrected chi connectivity index (χ3v) is 3.93. The van der Waals surface area contributed by atoms with Gasteiger partial charge >= 0.3 is 5.97 Å². The number of ketones is 1. The Kier molecular flexibility index (Phi) is 4.39. The van der Waals surface area contributed by atoms with E-state index >= 15 is 0 Å². The maximum atomic E-state index is 12.4. The first-order valence-electron chi connectivity index (χ1n) is 7.41. The third-order valence-electron chi connectivity index (χ3n) is 3.93. The van der Waals surface area contributed by atoms with E-state index in [0.717, 1.165) is 6.42 Å². The standard InChI is InChI=1S/C16H21NO5/c1-9-13-10(18)5-4-6-11(13)22-14(9)15(21)17-16(2,3)8-7-12(19)20/h4-8H2,1-3H3,(H,17,21)(H,19,20). The average molecular weight is 307 g/mol. The second-order valence-corrected chi connectivity index (χ2v) is 6.36. The monoisotopic (exact) mass is 307 g/mol. The van der Waals surface area contributed by atoms with Crippen molar-refractivity contribution < 1.29 is 23.9 Å². The summed E-state index contributed by atoms with van der Waals surface area (Å²) in [6.45, 7) is 5.24. The number of aliphatic carboxylic acids is 1. The van der Waals surface area contributed by atoms with Gasteiger partial charge in [-0.05, 0) is 33.6 Å². The zero-order chi connectivity index (χ0) is 16.5. The number of furan rings is 1. The Labute approximate surface area is 128 Å². The molecule has 1 aromatic rings. The van der Waals surface area contributed by atoms with Crippen LogP contribution in [0.2, 0.25) is 0 Å². The van der Waals surface area contributed by atoms with Gasteiger partial charge in [0.05, 0.1) is 5.56 Å². The summed E-state index contributed by atoms with van der Waals surface area (Å²) >= 11 is 0. The molecule has 120 valence electrons. The van der Waals surface area contributed by atoms with Crippen LogP contribution in [0.15, 0.2) is 4.42 Å². The van der Waals surface area contributed by atoms with Crippen LogP contribution >= 0.6 is 0 Å². The van der Waals surface area contributed by atoms with Crippen molar-refractivity contribution in [3.63, 3.8) is 0 Å². The van der Waals surface area contributed by atoms with Crippen LogP contribution in [0.1, 0.15) is 71.8 Å². The van der Waals surface area contributed by atoms with E-state index in [9.17, 15) is 14.4 Å². The lowest BCUT2D eigenvalue weighted by molar-refractivity contribution is -0.137. The number of hydrogen-bond acceptors (Lipinski definition) is 4. The molecule has 6 nitrogen and oxygen atoms in total. The van der Waals surface area contributed by atoms with Crippen LogP contribution in [0.3, 0.4) is 0 Å². The molecule has 0 atom stereocenters. The van der Waals surface area contributed by atoms with E-state index in [1.54, 1.807) is 20.8 Å². The quantitative estimate of drug-likeness (QED) is 0.871. The Morgan fingerprint density at radius 3 is 2.59 bits per heavy atom. The van der Waals surface area contributed by atoms with Crippen molar-refractivity contribution in [2.45, 2.75) is 58.4 Å². The molecular weight excluding hydrogens is 286 g/mol. The fourth-order valence-corrected chi connectivity index (χ4v) is 2.71. The second-order valence-electron chi connectivity index (χ2n) is 6.36. The van der Waals surface area contributed by atoms with Crippen molar-refractivity contribution in [1.29, 1.82) is 0 Å². The molecule has 2 rings (SSSR count). The molecule has 1 heterocycles. The van der Waals surface area contributed by atoms with Gasteiger partial charge in [0.15, 0.2) is 11.5 Å². The second kappa shape index (κ2) is 5.94. The van der Waals surface area contributed by atoms with E-state index < -0.39 is 17.4 Å². The first-order valence-corrected chi connectivity index (χ1v) is 7.41. The van der Waals surface area contributed by atoms with Crippen LogP contribution in [-0.2, 0) is 11.2 Å². The first kappa shape index (κ1) is 16.3. The van der Waals surface area contributed by atoms with Crippen molar-refractivity contribution in [1.82, 2.24) is 5.32 Å². The zero-order valence-corrected chi connectivity index (χ0v) is 13.1. The van der Waals surface area contributed by atoms with E-state index in [0.29, 0.717) is 36.1 Å². The lowest BCUT2D eigenvalue weighted by atomic mass is 9.93. The number of carboxylic acids is 1. The number of carbonyl (C=O) groups is 3. The molecule has 1 aromatic heterocycles. The van der Waals surface area contributed by atoms with E-state index in [2.05, 4.69) is 5.32 Å². The molecule has 22 heavy (non-hydrogen) atoms. The summed E-state index contributed by atoms with van der Waals surface area (Å²) in [4.78, 5) is 35.0. The van der Waals surface area contributed by atoms with Gasteiger partial charge in [-0.1, -0.05) is 0 Å². The number of Topliss-reactive ketones (excluding diaryl/α,β-unsaturated/α-hetero) is 1. The normalized spacial score (nSPS) is 14.6. The van der Waals surface area contributed by atoms with Gasteiger partial charge in [0, 0.05) is 30.4 Å². The number of amides is 1. The Balaban J connectivity index is 2.17. The van der Waals surface area contributed by atoms with Gasteiger partial charge in [0.2, 0.25) is 0 Å². The number of hydrogen-bond donors (Lipinski definition) is 2. The van der Waals surface area contributed by atoms with Gasteiger partial charge in [0.25, 0.3) is 5.91 Å². The van der Waals surface area contributed by atoms with Crippen LogP contribution in [0, 0.1) is 6.92 Å².